The summed E-state index contributed by atoms with van der Waals surface area (Å²) in [6.45, 7) is 2.52. The molecule has 1 aliphatic heterocycles. The smallest absolute Gasteiger partial charge is 0.00488 e. The first-order valence-corrected chi connectivity index (χ1v) is 7.16. The van der Waals surface area contributed by atoms with Gasteiger partial charge in [-0.3, -0.25) is 0 Å². The van der Waals surface area contributed by atoms with Crippen LogP contribution in [0.3, 0.4) is 0 Å². The Morgan fingerprint density at radius 3 is 2.13 bits per heavy atom. The first-order chi connectivity index (χ1) is 7.45. The molecule has 1 aliphatic carbocycles. The summed E-state index contributed by atoms with van der Waals surface area (Å²) in [5.74, 6) is 2.17. The van der Waals surface area contributed by atoms with Crippen molar-refractivity contribution in [1.29, 1.82) is 0 Å². The fraction of sp³-hybridized carbons (Fsp3) is 1.00. The average molecular weight is 209 g/mol. The van der Waals surface area contributed by atoms with E-state index in [2.05, 4.69) is 5.32 Å². The Labute approximate surface area is 95.0 Å². The van der Waals surface area contributed by atoms with Crippen molar-refractivity contribution in [2.24, 2.45) is 11.8 Å². The Balaban J connectivity index is 1.78. The van der Waals surface area contributed by atoms with E-state index in [4.69, 9.17) is 0 Å². The molecule has 2 aliphatic rings. The van der Waals surface area contributed by atoms with E-state index in [9.17, 15) is 0 Å². The predicted molar refractivity (Wildman–Crippen MR) is 66.0 cm³/mol. The lowest BCUT2D eigenvalue weighted by Crippen LogP contribution is -2.21. The highest BCUT2D eigenvalue weighted by Crippen LogP contribution is 2.34. The van der Waals surface area contributed by atoms with Gasteiger partial charge in [0.25, 0.3) is 0 Å². The minimum Gasteiger partial charge on any atom is -0.317 e. The molecule has 1 N–H and O–H groups in total. The molecule has 1 saturated carbocycles. The Kier molecular flexibility index (Phi) is 4.98. The largest absolute Gasteiger partial charge is 0.317 e. The summed E-state index contributed by atoms with van der Waals surface area (Å²) in [4.78, 5) is 0. The fourth-order valence-electron chi connectivity index (χ4n) is 3.43. The van der Waals surface area contributed by atoms with Crippen LogP contribution in [0.2, 0.25) is 0 Å². The fourth-order valence-corrected chi connectivity index (χ4v) is 3.43. The van der Waals surface area contributed by atoms with Gasteiger partial charge in [-0.2, -0.15) is 0 Å². The van der Waals surface area contributed by atoms with Gasteiger partial charge in [-0.05, 0) is 50.6 Å². The van der Waals surface area contributed by atoms with Gasteiger partial charge in [-0.25, -0.2) is 0 Å². The lowest BCUT2D eigenvalue weighted by Gasteiger charge is -2.29. The number of hydrogen-bond donors (Lipinski definition) is 1. The summed E-state index contributed by atoms with van der Waals surface area (Å²) in [5, 5.41) is 3.58. The molecule has 2 fully saturated rings. The van der Waals surface area contributed by atoms with Crippen molar-refractivity contribution in [2.75, 3.05) is 13.1 Å². The molecular weight excluding hydrogens is 182 g/mol. The maximum absolute atomic E-state index is 3.58. The van der Waals surface area contributed by atoms with Gasteiger partial charge in [0.15, 0.2) is 0 Å². The van der Waals surface area contributed by atoms with Gasteiger partial charge in [0, 0.05) is 0 Å². The minimum absolute atomic E-state index is 1.07. The second-order valence-electron chi connectivity index (χ2n) is 5.64. The molecule has 0 aromatic carbocycles. The third-order valence-corrected chi connectivity index (χ3v) is 4.32. The molecular formula is C14H27N. The van der Waals surface area contributed by atoms with Crippen LogP contribution in [0.5, 0.6) is 0 Å². The molecule has 1 nitrogen and oxygen atoms in total. The van der Waals surface area contributed by atoms with Crippen LogP contribution in [-0.4, -0.2) is 13.1 Å². The van der Waals surface area contributed by atoms with Crippen LogP contribution < -0.4 is 5.32 Å². The Bertz CT molecular complexity index is 151. The van der Waals surface area contributed by atoms with E-state index in [1.807, 2.05) is 0 Å². The molecule has 2 unspecified atom stereocenters. The van der Waals surface area contributed by atoms with E-state index in [-0.39, 0.29) is 0 Å². The molecule has 0 spiro atoms. The van der Waals surface area contributed by atoms with Crippen molar-refractivity contribution in [2.45, 2.75) is 64.2 Å². The summed E-state index contributed by atoms with van der Waals surface area (Å²) >= 11 is 0. The Morgan fingerprint density at radius 1 is 0.600 bits per heavy atom. The van der Waals surface area contributed by atoms with Gasteiger partial charge >= 0.3 is 0 Å². The number of rotatable bonds is 0. The van der Waals surface area contributed by atoms with Crippen LogP contribution in [0, 0.1) is 11.8 Å². The SMILES string of the molecule is C1CCNCCCC2CCCC(CC1)C2. The highest BCUT2D eigenvalue weighted by molar-refractivity contribution is 4.74. The van der Waals surface area contributed by atoms with Crippen molar-refractivity contribution >= 4 is 0 Å². The van der Waals surface area contributed by atoms with Crippen LogP contribution >= 0.6 is 0 Å². The topological polar surface area (TPSA) is 12.0 Å². The molecule has 1 heterocycles. The summed E-state index contributed by atoms with van der Waals surface area (Å²) in [6.07, 6.45) is 14.9. The summed E-state index contributed by atoms with van der Waals surface area (Å²) in [6, 6.07) is 0. The molecule has 2 atom stereocenters. The zero-order valence-corrected chi connectivity index (χ0v) is 10.1. The summed E-state index contributed by atoms with van der Waals surface area (Å²) in [7, 11) is 0. The molecule has 0 aromatic heterocycles. The predicted octanol–water partition coefficient (Wildman–Crippen LogP) is 3.74. The van der Waals surface area contributed by atoms with Gasteiger partial charge in [0.05, 0.1) is 0 Å². The van der Waals surface area contributed by atoms with Crippen molar-refractivity contribution in [3.05, 3.63) is 0 Å². The molecule has 15 heavy (non-hydrogen) atoms. The molecule has 2 bridgehead atoms. The van der Waals surface area contributed by atoms with Crippen LogP contribution in [0.1, 0.15) is 64.2 Å². The third kappa shape index (κ3) is 4.14. The van der Waals surface area contributed by atoms with Crippen molar-refractivity contribution in [3.63, 3.8) is 0 Å². The lowest BCUT2D eigenvalue weighted by molar-refractivity contribution is 0.234. The summed E-state index contributed by atoms with van der Waals surface area (Å²) < 4.78 is 0. The molecule has 2 rings (SSSR count). The van der Waals surface area contributed by atoms with E-state index >= 15 is 0 Å². The summed E-state index contributed by atoms with van der Waals surface area (Å²) in [5.41, 5.74) is 0. The molecule has 0 aromatic rings. The molecule has 1 heteroatoms. The zero-order valence-electron chi connectivity index (χ0n) is 10.1. The highest BCUT2D eigenvalue weighted by atomic mass is 14.8. The third-order valence-electron chi connectivity index (χ3n) is 4.32. The second kappa shape index (κ2) is 6.52. The Hall–Kier alpha value is -0.0400. The van der Waals surface area contributed by atoms with Crippen molar-refractivity contribution < 1.29 is 0 Å². The molecule has 0 radical (unpaired) electrons. The van der Waals surface area contributed by atoms with Gasteiger partial charge in [-0.1, -0.05) is 38.5 Å². The van der Waals surface area contributed by atoms with Crippen LogP contribution in [0.4, 0.5) is 0 Å². The normalized spacial score (nSPS) is 35.2. The van der Waals surface area contributed by atoms with E-state index < -0.39 is 0 Å². The van der Waals surface area contributed by atoms with E-state index in [0.717, 1.165) is 11.8 Å². The maximum atomic E-state index is 3.58. The number of hydrogen-bond acceptors (Lipinski definition) is 1. The molecule has 0 amide bonds. The zero-order chi connectivity index (χ0) is 10.3. The monoisotopic (exact) mass is 209 g/mol. The first kappa shape index (κ1) is 11.4. The molecule has 88 valence electrons. The Morgan fingerprint density at radius 2 is 1.27 bits per heavy atom. The number of nitrogens with one attached hydrogen (secondary N) is 1. The maximum Gasteiger partial charge on any atom is -0.00488 e. The standard InChI is InChI=1S/C14H27N/c1-2-6-13-7-4-8-14(12-13)9-5-11-15-10-3-1/h13-15H,1-12H2. The van der Waals surface area contributed by atoms with Gasteiger partial charge < -0.3 is 5.32 Å². The number of fused-ring (bicyclic) bond motifs is 2. The van der Waals surface area contributed by atoms with Crippen molar-refractivity contribution in [3.8, 4) is 0 Å². The van der Waals surface area contributed by atoms with Gasteiger partial charge in [0.2, 0.25) is 0 Å². The second-order valence-corrected chi connectivity index (χ2v) is 5.64. The van der Waals surface area contributed by atoms with Crippen LogP contribution in [-0.2, 0) is 0 Å². The average Bonchev–Trinajstić information content (AvgIpc) is 2.26. The van der Waals surface area contributed by atoms with Gasteiger partial charge in [0.1, 0.15) is 0 Å². The molecule has 1 saturated heterocycles. The van der Waals surface area contributed by atoms with E-state index in [1.54, 1.807) is 6.42 Å². The lowest BCUT2D eigenvalue weighted by atomic mass is 9.77. The van der Waals surface area contributed by atoms with Gasteiger partial charge in [-0.15, -0.1) is 0 Å². The first-order valence-electron chi connectivity index (χ1n) is 7.16. The highest BCUT2D eigenvalue weighted by Gasteiger charge is 2.21. The van der Waals surface area contributed by atoms with Crippen LogP contribution in [0.25, 0.3) is 0 Å². The van der Waals surface area contributed by atoms with Crippen molar-refractivity contribution in [1.82, 2.24) is 5.32 Å². The minimum atomic E-state index is 1.07. The quantitative estimate of drug-likeness (QED) is 0.641. The van der Waals surface area contributed by atoms with Crippen LogP contribution in [0.15, 0.2) is 0 Å². The van der Waals surface area contributed by atoms with E-state index in [0.29, 0.717) is 0 Å². The van der Waals surface area contributed by atoms with E-state index in [1.165, 1.54) is 70.9 Å².